The predicted molar refractivity (Wildman–Crippen MR) is 75.8 cm³/mol. The van der Waals surface area contributed by atoms with Gasteiger partial charge in [-0.2, -0.15) is 0 Å². The third kappa shape index (κ3) is 4.82. The van der Waals surface area contributed by atoms with Gasteiger partial charge in [-0.3, -0.25) is 9.59 Å². The Balaban J connectivity index is 2.54. The van der Waals surface area contributed by atoms with Crippen LogP contribution in [0.25, 0.3) is 0 Å². The summed E-state index contributed by atoms with van der Waals surface area (Å²) in [5.41, 5.74) is 0. The van der Waals surface area contributed by atoms with E-state index in [0.717, 1.165) is 25.8 Å². The van der Waals surface area contributed by atoms with E-state index in [0.29, 0.717) is 19.1 Å². The number of rotatable bonds is 8. The predicted octanol–water partition coefficient (Wildman–Crippen LogP) is 0.845. The molecule has 1 aliphatic heterocycles. The molecular formula is C14H27N3O2. The molecule has 5 nitrogen and oxygen atoms in total. The first-order chi connectivity index (χ1) is 9.12. The van der Waals surface area contributed by atoms with Crippen LogP contribution in [0.5, 0.6) is 0 Å². The number of likely N-dealkylation sites (N-methyl/N-ethyl adjacent to an activating group) is 1. The molecule has 1 aliphatic rings. The third-order valence-electron chi connectivity index (χ3n) is 3.42. The highest BCUT2D eigenvalue weighted by Gasteiger charge is 2.30. The topological polar surface area (TPSA) is 52.7 Å². The van der Waals surface area contributed by atoms with Gasteiger partial charge in [0.05, 0.1) is 13.1 Å². The third-order valence-corrected chi connectivity index (χ3v) is 3.42. The summed E-state index contributed by atoms with van der Waals surface area (Å²) in [5.74, 6) is 0.153. The van der Waals surface area contributed by atoms with Crippen molar-refractivity contribution in [3.63, 3.8) is 0 Å². The van der Waals surface area contributed by atoms with Crippen LogP contribution in [0.1, 0.15) is 40.0 Å². The van der Waals surface area contributed by atoms with E-state index in [2.05, 4.69) is 19.2 Å². The monoisotopic (exact) mass is 269 g/mol. The molecule has 0 aromatic heterocycles. The summed E-state index contributed by atoms with van der Waals surface area (Å²) >= 11 is 0. The van der Waals surface area contributed by atoms with E-state index in [1.165, 1.54) is 0 Å². The molecule has 0 radical (unpaired) electrons. The fraction of sp³-hybridized carbons (Fsp3) is 0.857. The van der Waals surface area contributed by atoms with Gasteiger partial charge in [-0.1, -0.05) is 27.2 Å². The van der Waals surface area contributed by atoms with Crippen molar-refractivity contribution >= 4 is 11.8 Å². The average Bonchev–Trinajstić information content (AvgIpc) is 2.36. The lowest BCUT2D eigenvalue weighted by atomic mass is 10.1. The van der Waals surface area contributed by atoms with Crippen molar-refractivity contribution in [3.05, 3.63) is 0 Å². The van der Waals surface area contributed by atoms with Crippen LogP contribution >= 0.6 is 0 Å². The summed E-state index contributed by atoms with van der Waals surface area (Å²) in [7, 11) is 0. The number of nitrogens with one attached hydrogen (secondary N) is 1. The molecule has 0 aliphatic carbocycles. The van der Waals surface area contributed by atoms with Crippen molar-refractivity contribution < 1.29 is 9.59 Å². The second kappa shape index (κ2) is 8.15. The number of amides is 2. The molecule has 1 heterocycles. The van der Waals surface area contributed by atoms with Gasteiger partial charge in [0.15, 0.2) is 0 Å². The zero-order chi connectivity index (χ0) is 14.3. The normalized spacial score (nSPS) is 18.1. The van der Waals surface area contributed by atoms with Gasteiger partial charge in [0, 0.05) is 19.1 Å². The Morgan fingerprint density at radius 1 is 1.05 bits per heavy atom. The number of nitrogens with zero attached hydrogens (tertiary/aromatic N) is 2. The molecule has 19 heavy (non-hydrogen) atoms. The molecule has 0 spiro atoms. The SMILES string of the molecule is CCCC(CN1CC(=O)N(CCC)CC1=O)NCC. The van der Waals surface area contributed by atoms with E-state index < -0.39 is 0 Å². The van der Waals surface area contributed by atoms with Crippen molar-refractivity contribution in [3.8, 4) is 0 Å². The van der Waals surface area contributed by atoms with Crippen molar-refractivity contribution in [1.29, 1.82) is 0 Å². The Kier molecular flexibility index (Phi) is 6.84. The minimum absolute atomic E-state index is 0.0760. The molecule has 0 aromatic rings. The highest BCUT2D eigenvalue weighted by atomic mass is 16.2. The van der Waals surface area contributed by atoms with E-state index in [1.54, 1.807) is 9.80 Å². The van der Waals surface area contributed by atoms with Crippen LogP contribution in [0.2, 0.25) is 0 Å². The largest absolute Gasteiger partial charge is 0.332 e. The molecule has 5 heteroatoms. The van der Waals surface area contributed by atoms with E-state index >= 15 is 0 Å². The Hall–Kier alpha value is -1.10. The van der Waals surface area contributed by atoms with Gasteiger partial charge in [0.2, 0.25) is 11.8 Å². The van der Waals surface area contributed by atoms with Crippen molar-refractivity contribution in [1.82, 2.24) is 15.1 Å². The lowest BCUT2D eigenvalue weighted by Gasteiger charge is -2.35. The van der Waals surface area contributed by atoms with Gasteiger partial charge < -0.3 is 15.1 Å². The van der Waals surface area contributed by atoms with Gasteiger partial charge in [-0.25, -0.2) is 0 Å². The van der Waals surface area contributed by atoms with Gasteiger partial charge in [-0.15, -0.1) is 0 Å². The standard InChI is InChI=1S/C14H27N3O2/c1-4-7-12(15-6-3)9-17-11-13(18)16(8-5-2)10-14(17)19/h12,15H,4-11H2,1-3H3. The van der Waals surface area contributed by atoms with Crippen LogP contribution in [0.15, 0.2) is 0 Å². The summed E-state index contributed by atoms with van der Waals surface area (Å²) in [6.07, 6.45) is 3.01. The van der Waals surface area contributed by atoms with Gasteiger partial charge in [0.1, 0.15) is 0 Å². The molecule has 110 valence electrons. The van der Waals surface area contributed by atoms with Gasteiger partial charge in [0.25, 0.3) is 0 Å². The average molecular weight is 269 g/mol. The quantitative estimate of drug-likeness (QED) is 0.710. The molecule has 1 saturated heterocycles. The zero-order valence-electron chi connectivity index (χ0n) is 12.4. The molecule has 1 rings (SSSR count). The van der Waals surface area contributed by atoms with Crippen molar-refractivity contribution in [2.45, 2.75) is 46.1 Å². The maximum Gasteiger partial charge on any atom is 0.242 e. The van der Waals surface area contributed by atoms with Gasteiger partial charge in [-0.05, 0) is 19.4 Å². The van der Waals surface area contributed by atoms with E-state index in [9.17, 15) is 9.59 Å². The smallest absolute Gasteiger partial charge is 0.242 e. The maximum atomic E-state index is 12.1. The molecule has 1 atom stereocenters. The van der Waals surface area contributed by atoms with E-state index in [1.807, 2.05) is 6.92 Å². The van der Waals surface area contributed by atoms with E-state index in [4.69, 9.17) is 0 Å². The summed E-state index contributed by atoms with van der Waals surface area (Å²) in [5, 5.41) is 3.38. The van der Waals surface area contributed by atoms with Crippen LogP contribution < -0.4 is 5.32 Å². The van der Waals surface area contributed by atoms with E-state index in [-0.39, 0.29) is 24.9 Å². The molecule has 1 fully saturated rings. The minimum Gasteiger partial charge on any atom is -0.332 e. The zero-order valence-corrected chi connectivity index (χ0v) is 12.4. The summed E-state index contributed by atoms with van der Waals surface area (Å²) < 4.78 is 0. The Labute approximate surface area is 116 Å². The number of hydrogen-bond acceptors (Lipinski definition) is 3. The summed E-state index contributed by atoms with van der Waals surface area (Å²) in [6, 6.07) is 0.296. The lowest BCUT2D eigenvalue weighted by molar-refractivity contribution is -0.150. The van der Waals surface area contributed by atoms with Crippen molar-refractivity contribution in [2.24, 2.45) is 0 Å². The lowest BCUT2D eigenvalue weighted by Crippen LogP contribution is -2.56. The summed E-state index contributed by atoms with van der Waals surface area (Å²) in [4.78, 5) is 27.4. The minimum atomic E-state index is 0.0760. The fourth-order valence-corrected chi connectivity index (χ4v) is 2.50. The first-order valence-corrected chi connectivity index (χ1v) is 7.41. The maximum absolute atomic E-state index is 12.1. The summed E-state index contributed by atoms with van der Waals surface area (Å²) in [6.45, 7) is 8.93. The first-order valence-electron chi connectivity index (χ1n) is 7.41. The fourth-order valence-electron chi connectivity index (χ4n) is 2.50. The van der Waals surface area contributed by atoms with Crippen LogP contribution in [-0.2, 0) is 9.59 Å². The molecule has 1 N–H and O–H groups in total. The molecule has 0 bridgehead atoms. The molecule has 0 aromatic carbocycles. The Morgan fingerprint density at radius 2 is 1.68 bits per heavy atom. The Bertz CT molecular complexity index is 301. The molecular weight excluding hydrogens is 242 g/mol. The van der Waals surface area contributed by atoms with Crippen LogP contribution in [0.4, 0.5) is 0 Å². The molecule has 1 unspecified atom stereocenters. The molecule has 2 amide bonds. The number of carbonyl (C=O) groups is 2. The second-order valence-electron chi connectivity index (χ2n) is 5.13. The number of carbonyl (C=O) groups excluding carboxylic acids is 2. The number of hydrogen-bond donors (Lipinski definition) is 1. The highest BCUT2D eigenvalue weighted by molar-refractivity contribution is 5.92. The first kappa shape index (κ1) is 16.0. The highest BCUT2D eigenvalue weighted by Crippen LogP contribution is 2.08. The second-order valence-corrected chi connectivity index (χ2v) is 5.13. The van der Waals surface area contributed by atoms with Crippen molar-refractivity contribution in [2.75, 3.05) is 32.7 Å². The van der Waals surface area contributed by atoms with Gasteiger partial charge >= 0.3 is 0 Å². The van der Waals surface area contributed by atoms with Crippen LogP contribution in [-0.4, -0.2) is 60.4 Å². The Morgan fingerprint density at radius 3 is 2.26 bits per heavy atom. The van der Waals surface area contributed by atoms with Crippen LogP contribution in [0, 0.1) is 0 Å². The molecule has 0 saturated carbocycles. The van der Waals surface area contributed by atoms with Crippen LogP contribution in [0.3, 0.4) is 0 Å². The number of piperazine rings is 1.